The van der Waals surface area contributed by atoms with Gasteiger partial charge in [-0.2, -0.15) is 5.10 Å². The lowest BCUT2D eigenvalue weighted by Gasteiger charge is -2.20. The van der Waals surface area contributed by atoms with E-state index in [9.17, 15) is 4.79 Å². The molecule has 0 aliphatic rings. The Kier molecular flexibility index (Phi) is 4.67. The van der Waals surface area contributed by atoms with Crippen molar-refractivity contribution in [1.29, 1.82) is 0 Å². The molecular formula is C12H18N6OS. The van der Waals surface area contributed by atoms with Crippen LogP contribution in [0.25, 0.3) is 0 Å². The molecule has 0 atom stereocenters. The van der Waals surface area contributed by atoms with Crippen LogP contribution in [0.15, 0.2) is 17.1 Å². The van der Waals surface area contributed by atoms with Gasteiger partial charge >= 0.3 is 0 Å². The van der Waals surface area contributed by atoms with Crippen molar-refractivity contribution in [3.63, 3.8) is 0 Å². The Morgan fingerprint density at radius 2 is 2.15 bits per heavy atom. The molecule has 0 radical (unpaired) electrons. The second kappa shape index (κ2) is 6.47. The average Bonchev–Trinajstić information content (AvgIpc) is 2.90. The number of rotatable bonds is 6. The number of hydrogen-bond acceptors (Lipinski definition) is 7. The number of hydrogen-bond donors (Lipinski definition) is 1. The Morgan fingerprint density at radius 1 is 1.40 bits per heavy atom. The Morgan fingerprint density at radius 3 is 2.75 bits per heavy atom. The van der Waals surface area contributed by atoms with Gasteiger partial charge in [0.05, 0.1) is 18.4 Å². The molecule has 2 heterocycles. The van der Waals surface area contributed by atoms with Crippen LogP contribution in [0, 0.1) is 0 Å². The van der Waals surface area contributed by atoms with Crippen LogP contribution in [0.5, 0.6) is 0 Å². The van der Waals surface area contributed by atoms with E-state index in [1.165, 1.54) is 16.2 Å². The van der Waals surface area contributed by atoms with Gasteiger partial charge in [0.25, 0.3) is 5.56 Å². The summed E-state index contributed by atoms with van der Waals surface area (Å²) < 4.78 is 5.26. The fraction of sp³-hybridized carbons (Fsp3) is 0.500. The minimum atomic E-state index is -0.135. The van der Waals surface area contributed by atoms with Crippen molar-refractivity contribution in [1.82, 2.24) is 19.4 Å². The normalized spacial score (nSPS) is 10.6. The van der Waals surface area contributed by atoms with Crippen LogP contribution in [0.2, 0.25) is 0 Å². The van der Waals surface area contributed by atoms with Gasteiger partial charge in [-0.05, 0) is 13.8 Å². The highest BCUT2D eigenvalue weighted by atomic mass is 32.1. The quantitative estimate of drug-likeness (QED) is 0.857. The smallest absolute Gasteiger partial charge is 0.269 e. The largest absolute Gasteiger partial charge is 0.377 e. The van der Waals surface area contributed by atoms with Crippen molar-refractivity contribution in [2.45, 2.75) is 20.4 Å². The summed E-state index contributed by atoms with van der Waals surface area (Å²) in [6, 6.07) is 1.61. The van der Waals surface area contributed by atoms with Crippen LogP contribution < -0.4 is 15.8 Å². The topological polar surface area (TPSA) is 75.9 Å². The van der Waals surface area contributed by atoms with Crippen LogP contribution >= 0.6 is 11.5 Å². The van der Waals surface area contributed by atoms with E-state index in [4.69, 9.17) is 0 Å². The average molecular weight is 294 g/mol. The molecule has 0 saturated heterocycles. The summed E-state index contributed by atoms with van der Waals surface area (Å²) in [6.45, 7) is 6.12. The summed E-state index contributed by atoms with van der Waals surface area (Å²) in [5, 5.41) is 12.1. The first-order chi connectivity index (χ1) is 9.69. The first-order valence-electron chi connectivity index (χ1n) is 6.50. The van der Waals surface area contributed by atoms with Gasteiger partial charge < -0.3 is 10.2 Å². The fourth-order valence-corrected chi connectivity index (χ4v) is 2.47. The van der Waals surface area contributed by atoms with E-state index >= 15 is 0 Å². The third kappa shape index (κ3) is 2.96. The lowest BCUT2D eigenvalue weighted by Crippen LogP contribution is -2.28. The van der Waals surface area contributed by atoms with E-state index in [1.54, 1.807) is 19.3 Å². The third-order valence-corrected chi connectivity index (χ3v) is 3.85. The molecule has 0 bridgehead atoms. The monoisotopic (exact) mass is 294 g/mol. The maximum Gasteiger partial charge on any atom is 0.269 e. The predicted octanol–water partition coefficient (Wildman–Crippen LogP) is 1.03. The third-order valence-electron chi connectivity index (χ3n) is 3.07. The molecule has 0 aromatic carbocycles. The van der Waals surface area contributed by atoms with Gasteiger partial charge in [-0.15, -0.1) is 5.10 Å². The molecular weight excluding hydrogens is 276 g/mol. The number of nitrogens with zero attached hydrogens (tertiary/aromatic N) is 5. The van der Waals surface area contributed by atoms with E-state index in [1.807, 2.05) is 0 Å². The maximum atomic E-state index is 12.1. The summed E-state index contributed by atoms with van der Waals surface area (Å²) in [6.07, 6.45) is 1.72. The van der Waals surface area contributed by atoms with E-state index in [0.29, 0.717) is 6.54 Å². The lowest BCUT2D eigenvalue weighted by atomic mass is 10.3. The van der Waals surface area contributed by atoms with E-state index in [2.05, 4.69) is 38.7 Å². The molecule has 2 aromatic rings. The molecule has 108 valence electrons. The summed E-state index contributed by atoms with van der Waals surface area (Å²) in [7, 11) is 1.80. The Labute approximate surface area is 121 Å². The van der Waals surface area contributed by atoms with Gasteiger partial charge in [-0.25, -0.2) is 4.68 Å². The zero-order valence-electron chi connectivity index (χ0n) is 11.8. The van der Waals surface area contributed by atoms with Crippen LogP contribution in [0.1, 0.15) is 19.5 Å². The highest BCUT2D eigenvalue weighted by Crippen LogP contribution is 2.17. The number of aromatic nitrogens is 4. The molecule has 8 heteroatoms. The molecule has 0 aliphatic carbocycles. The van der Waals surface area contributed by atoms with Crippen molar-refractivity contribution in [3.05, 3.63) is 28.3 Å². The molecule has 0 amide bonds. The van der Waals surface area contributed by atoms with Crippen LogP contribution in [-0.4, -0.2) is 39.5 Å². The standard InChI is InChI=1S/C12H18N6OS/c1-4-17(5-2)9-6-11(19)18(14-7-9)8-10-12(13-3)20-16-15-10/h6-7,13H,4-5,8H2,1-3H3. The second-order valence-electron chi connectivity index (χ2n) is 4.18. The SMILES string of the molecule is CCN(CC)c1cnn(Cc2nnsc2NC)c(=O)c1. The molecule has 2 rings (SSSR count). The molecule has 2 aromatic heterocycles. The summed E-state index contributed by atoms with van der Waals surface area (Å²) in [4.78, 5) is 14.2. The maximum absolute atomic E-state index is 12.1. The first kappa shape index (κ1) is 14.4. The molecule has 0 saturated carbocycles. The van der Waals surface area contributed by atoms with Crippen LogP contribution in [-0.2, 0) is 6.54 Å². The van der Waals surface area contributed by atoms with Gasteiger partial charge in [0, 0.05) is 37.7 Å². The van der Waals surface area contributed by atoms with Gasteiger partial charge in [-0.1, -0.05) is 4.49 Å². The molecule has 20 heavy (non-hydrogen) atoms. The molecule has 7 nitrogen and oxygen atoms in total. The zero-order chi connectivity index (χ0) is 14.5. The summed E-state index contributed by atoms with van der Waals surface area (Å²) in [5.74, 6) is 0. The summed E-state index contributed by atoms with van der Waals surface area (Å²) in [5.41, 5.74) is 1.44. The van der Waals surface area contributed by atoms with Crippen LogP contribution in [0.3, 0.4) is 0 Å². The van der Waals surface area contributed by atoms with Crippen molar-refractivity contribution in [2.24, 2.45) is 0 Å². The highest BCUT2D eigenvalue weighted by molar-refractivity contribution is 7.10. The fourth-order valence-electron chi connectivity index (χ4n) is 1.95. The van der Waals surface area contributed by atoms with Crippen molar-refractivity contribution in [2.75, 3.05) is 30.4 Å². The van der Waals surface area contributed by atoms with Gasteiger partial charge in [0.2, 0.25) is 0 Å². The second-order valence-corrected chi connectivity index (χ2v) is 4.93. The Balaban J connectivity index is 2.24. The van der Waals surface area contributed by atoms with Gasteiger partial charge in [0.1, 0.15) is 10.7 Å². The molecule has 0 unspecified atom stereocenters. The van der Waals surface area contributed by atoms with Crippen molar-refractivity contribution in [3.8, 4) is 0 Å². The van der Waals surface area contributed by atoms with Crippen molar-refractivity contribution < 1.29 is 0 Å². The van der Waals surface area contributed by atoms with E-state index in [-0.39, 0.29) is 5.56 Å². The number of anilines is 2. The minimum Gasteiger partial charge on any atom is -0.377 e. The zero-order valence-corrected chi connectivity index (χ0v) is 12.6. The first-order valence-corrected chi connectivity index (χ1v) is 7.28. The van der Waals surface area contributed by atoms with Gasteiger partial charge in [0.15, 0.2) is 0 Å². The molecule has 1 N–H and O–H groups in total. The molecule has 0 spiro atoms. The predicted molar refractivity (Wildman–Crippen MR) is 80.6 cm³/mol. The van der Waals surface area contributed by atoms with Crippen LogP contribution in [0.4, 0.5) is 10.7 Å². The molecule has 0 aliphatic heterocycles. The minimum absolute atomic E-state index is 0.135. The van der Waals surface area contributed by atoms with E-state index < -0.39 is 0 Å². The van der Waals surface area contributed by atoms with E-state index in [0.717, 1.165) is 29.5 Å². The Hall–Kier alpha value is -1.96. The highest BCUT2D eigenvalue weighted by Gasteiger charge is 2.10. The van der Waals surface area contributed by atoms with Crippen molar-refractivity contribution >= 4 is 22.2 Å². The Bertz CT molecular complexity index is 618. The summed E-state index contributed by atoms with van der Waals surface area (Å²) >= 11 is 1.27. The number of nitrogens with one attached hydrogen (secondary N) is 1. The molecule has 0 fully saturated rings. The van der Waals surface area contributed by atoms with Gasteiger partial charge in [-0.3, -0.25) is 4.79 Å². The lowest BCUT2D eigenvalue weighted by molar-refractivity contribution is 0.625.